The molecule has 0 radical (unpaired) electrons. The molecule has 2 heterocycles. The molecule has 1 aromatic rings. The molecule has 0 bridgehead atoms. The number of hydrogen-bond acceptors (Lipinski definition) is 3. The van der Waals surface area contributed by atoms with Crippen LogP contribution in [0, 0.1) is 6.92 Å². The number of aryl methyl sites for hydroxylation is 2. The fourth-order valence-electron chi connectivity index (χ4n) is 2.28. The Bertz CT molecular complexity index is 437. The van der Waals surface area contributed by atoms with Gasteiger partial charge in [-0.05, 0) is 42.6 Å². The van der Waals surface area contributed by atoms with E-state index in [-0.39, 0.29) is 0 Å². The molecule has 1 aliphatic heterocycles. The molecule has 0 aliphatic carbocycles. The van der Waals surface area contributed by atoms with E-state index in [2.05, 4.69) is 33.3 Å². The number of aromatic nitrogens is 2. The van der Waals surface area contributed by atoms with Gasteiger partial charge in [-0.1, -0.05) is 0 Å². The maximum absolute atomic E-state index is 11.3. The van der Waals surface area contributed by atoms with Crippen LogP contribution in [-0.4, -0.2) is 31.5 Å². The molecule has 0 atom stereocenters. The molecule has 6 heteroatoms. The third-order valence-electron chi connectivity index (χ3n) is 3.40. The Kier molecular flexibility index (Phi) is 4.98. The van der Waals surface area contributed by atoms with Gasteiger partial charge in [0.2, 0.25) is 0 Å². The van der Waals surface area contributed by atoms with Crippen molar-refractivity contribution in [2.45, 2.75) is 45.8 Å². The molecule has 0 spiro atoms. The maximum Gasteiger partial charge on any atom is 0.0739 e. The van der Waals surface area contributed by atoms with Gasteiger partial charge >= 0.3 is 0 Å². The second-order valence-electron chi connectivity index (χ2n) is 4.67. The van der Waals surface area contributed by atoms with E-state index < -0.39 is 10.8 Å². The first-order valence-electron chi connectivity index (χ1n) is 6.42. The smallest absolute Gasteiger partial charge is 0.0739 e. The Morgan fingerprint density at radius 3 is 2.78 bits per heavy atom. The van der Waals surface area contributed by atoms with E-state index in [4.69, 9.17) is 0 Å². The van der Waals surface area contributed by atoms with Crippen molar-refractivity contribution in [3.05, 3.63) is 15.9 Å². The molecular formula is C12H20BrN3OS. The summed E-state index contributed by atoms with van der Waals surface area (Å²) < 4.78 is 14.4. The second kappa shape index (κ2) is 6.30. The van der Waals surface area contributed by atoms with Gasteiger partial charge in [-0.2, -0.15) is 5.10 Å². The largest absolute Gasteiger partial charge is 0.308 e. The zero-order chi connectivity index (χ0) is 13.1. The molecule has 1 aromatic heterocycles. The van der Waals surface area contributed by atoms with Gasteiger partial charge in [-0.3, -0.25) is 8.89 Å². The molecule has 18 heavy (non-hydrogen) atoms. The van der Waals surface area contributed by atoms with E-state index >= 15 is 0 Å². The van der Waals surface area contributed by atoms with Gasteiger partial charge in [0.05, 0.1) is 15.9 Å². The van der Waals surface area contributed by atoms with Gasteiger partial charge in [0.1, 0.15) is 0 Å². The summed E-state index contributed by atoms with van der Waals surface area (Å²) in [7, 11) is -0.582. The van der Waals surface area contributed by atoms with Gasteiger partial charge < -0.3 is 5.32 Å². The average molecular weight is 334 g/mol. The van der Waals surface area contributed by atoms with Crippen molar-refractivity contribution in [2.75, 3.05) is 11.5 Å². The topological polar surface area (TPSA) is 46.9 Å². The standard InChI is InChI=1S/C12H20BrN3OS/c1-3-16-11(12(13)9(2)15-16)8-14-10-4-6-18(17)7-5-10/h10,14H,3-8H2,1-2H3. The molecule has 0 amide bonds. The summed E-state index contributed by atoms with van der Waals surface area (Å²) in [5, 5.41) is 8.05. The average Bonchev–Trinajstić information content (AvgIpc) is 2.65. The van der Waals surface area contributed by atoms with E-state index in [0.29, 0.717) is 6.04 Å². The van der Waals surface area contributed by atoms with Gasteiger partial charge in [0.25, 0.3) is 0 Å². The Balaban J connectivity index is 1.95. The lowest BCUT2D eigenvalue weighted by atomic mass is 10.1. The lowest BCUT2D eigenvalue weighted by Crippen LogP contribution is -2.35. The summed E-state index contributed by atoms with van der Waals surface area (Å²) >= 11 is 3.60. The molecule has 0 aromatic carbocycles. The lowest BCUT2D eigenvalue weighted by molar-refractivity contribution is 0.459. The van der Waals surface area contributed by atoms with Crippen LogP contribution >= 0.6 is 15.9 Å². The van der Waals surface area contributed by atoms with E-state index in [1.54, 1.807) is 0 Å². The van der Waals surface area contributed by atoms with Crippen LogP contribution < -0.4 is 5.32 Å². The summed E-state index contributed by atoms with van der Waals surface area (Å²) in [5.41, 5.74) is 2.25. The fraction of sp³-hybridized carbons (Fsp3) is 0.750. The molecule has 1 fully saturated rings. The molecule has 102 valence electrons. The SMILES string of the molecule is CCn1nc(C)c(Br)c1CNC1CCS(=O)CC1. The van der Waals surface area contributed by atoms with Crippen molar-refractivity contribution in [1.29, 1.82) is 0 Å². The molecule has 2 rings (SSSR count). The molecule has 0 unspecified atom stereocenters. The summed E-state index contributed by atoms with van der Waals surface area (Å²) in [4.78, 5) is 0. The number of hydrogen-bond donors (Lipinski definition) is 1. The normalized spacial score (nSPS) is 24.4. The van der Waals surface area contributed by atoms with Crippen molar-refractivity contribution >= 4 is 26.7 Å². The molecular weight excluding hydrogens is 314 g/mol. The number of nitrogens with one attached hydrogen (secondary N) is 1. The predicted molar refractivity (Wildman–Crippen MR) is 78.1 cm³/mol. The first-order valence-corrected chi connectivity index (χ1v) is 8.70. The molecule has 4 nitrogen and oxygen atoms in total. The summed E-state index contributed by atoms with van der Waals surface area (Å²) in [6.07, 6.45) is 2.03. The fourth-order valence-corrected chi connectivity index (χ4v) is 4.00. The molecule has 1 saturated heterocycles. The molecule has 1 N–H and O–H groups in total. The number of rotatable bonds is 4. The van der Waals surface area contributed by atoms with Crippen molar-refractivity contribution < 1.29 is 4.21 Å². The first-order chi connectivity index (χ1) is 8.61. The Morgan fingerprint density at radius 1 is 1.50 bits per heavy atom. The maximum atomic E-state index is 11.3. The predicted octanol–water partition coefficient (Wildman–Crippen LogP) is 1.97. The van der Waals surface area contributed by atoms with Crippen LogP contribution in [0.25, 0.3) is 0 Å². The van der Waals surface area contributed by atoms with E-state index in [9.17, 15) is 4.21 Å². The zero-order valence-electron chi connectivity index (χ0n) is 10.9. The minimum atomic E-state index is -0.582. The molecule has 0 saturated carbocycles. The monoisotopic (exact) mass is 333 g/mol. The van der Waals surface area contributed by atoms with Crippen LogP contribution in [0.1, 0.15) is 31.2 Å². The van der Waals surface area contributed by atoms with E-state index in [0.717, 1.165) is 47.6 Å². The van der Waals surface area contributed by atoms with Crippen LogP contribution in [-0.2, 0) is 23.9 Å². The Morgan fingerprint density at radius 2 is 2.17 bits per heavy atom. The van der Waals surface area contributed by atoms with Gasteiger partial charge in [0, 0.05) is 41.4 Å². The van der Waals surface area contributed by atoms with Crippen LogP contribution in [0.4, 0.5) is 0 Å². The van der Waals surface area contributed by atoms with Crippen LogP contribution in [0.3, 0.4) is 0 Å². The van der Waals surface area contributed by atoms with Crippen molar-refractivity contribution in [2.24, 2.45) is 0 Å². The highest BCUT2D eigenvalue weighted by Crippen LogP contribution is 2.21. The highest BCUT2D eigenvalue weighted by molar-refractivity contribution is 9.10. The highest BCUT2D eigenvalue weighted by atomic mass is 79.9. The third kappa shape index (κ3) is 3.22. The Labute approximate surface area is 119 Å². The minimum absolute atomic E-state index is 0.495. The van der Waals surface area contributed by atoms with Gasteiger partial charge in [-0.15, -0.1) is 0 Å². The zero-order valence-corrected chi connectivity index (χ0v) is 13.3. The van der Waals surface area contributed by atoms with Crippen LogP contribution in [0.2, 0.25) is 0 Å². The number of nitrogens with zero attached hydrogens (tertiary/aromatic N) is 2. The number of halogens is 1. The van der Waals surface area contributed by atoms with Crippen molar-refractivity contribution in [1.82, 2.24) is 15.1 Å². The summed E-state index contributed by atoms with van der Waals surface area (Å²) in [6, 6.07) is 0.495. The van der Waals surface area contributed by atoms with Crippen molar-refractivity contribution in [3.63, 3.8) is 0 Å². The van der Waals surface area contributed by atoms with Crippen molar-refractivity contribution in [3.8, 4) is 0 Å². The van der Waals surface area contributed by atoms with Crippen LogP contribution in [0.5, 0.6) is 0 Å². The first kappa shape index (κ1) is 14.2. The van der Waals surface area contributed by atoms with E-state index in [1.807, 2.05) is 11.6 Å². The lowest BCUT2D eigenvalue weighted by Gasteiger charge is -2.22. The van der Waals surface area contributed by atoms with Gasteiger partial charge in [-0.25, -0.2) is 0 Å². The van der Waals surface area contributed by atoms with E-state index in [1.165, 1.54) is 5.69 Å². The minimum Gasteiger partial charge on any atom is -0.308 e. The quantitative estimate of drug-likeness (QED) is 0.916. The third-order valence-corrected chi connectivity index (χ3v) is 5.81. The second-order valence-corrected chi connectivity index (χ2v) is 7.15. The summed E-state index contributed by atoms with van der Waals surface area (Å²) in [5.74, 6) is 1.68. The Hall–Kier alpha value is -0.200. The van der Waals surface area contributed by atoms with Gasteiger partial charge in [0.15, 0.2) is 0 Å². The highest BCUT2D eigenvalue weighted by Gasteiger charge is 2.19. The summed E-state index contributed by atoms with van der Waals surface area (Å²) in [6.45, 7) is 5.83. The van der Waals surface area contributed by atoms with Crippen LogP contribution in [0.15, 0.2) is 4.47 Å². The molecule has 1 aliphatic rings.